The number of halogens is 2. The van der Waals surface area contributed by atoms with Crippen LogP contribution in [0.15, 0.2) is 45.3 Å². The van der Waals surface area contributed by atoms with Crippen LogP contribution in [0.25, 0.3) is 0 Å². The maximum absolute atomic E-state index is 12.4. The lowest BCUT2D eigenvalue weighted by Crippen LogP contribution is -2.47. The van der Waals surface area contributed by atoms with Crippen LogP contribution in [0.3, 0.4) is 0 Å². The zero-order chi connectivity index (χ0) is 25.7. The third-order valence-corrected chi connectivity index (χ3v) is 7.15. The van der Waals surface area contributed by atoms with Gasteiger partial charge in [0, 0.05) is 21.8 Å². The van der Waals surface area contributed by atoms with Crippen molar-refractivity contribution in [3.05, 3.63) is 67.6 Å². The molecule has 0 spiro atoms. The quantitative estimate of drug-likeness (QED) is 0.292. The van der Waals surface area contributed by atoms with Gasteiger partial charge in [0.1, 0.15) is 12.2 Å². The van der Waals surface area contributed by atoms with Crippen LogP contribution in [0.4, 0.5) is 0 Å². The molecule has 0 amide bonds. The number of hydrogen-bond donors (Lipinski definition) is 4. The lowest BCUT2D eigenvalue weighted by atomic mass is 9.93. The number of aliphatic hydroxyl groups excluding tert-OH is 4. The van der Waals surface area contributed by atoms with Crippen LogP contribution >= 0.6 is 31.9 Å². The summed E-state index contributed by atoms with van der Waals surface area (Å²) in [6.07, 6.45) is -7.25. The summed E-state index contributed by atoms with van der Waals surface area (Å²) in [6.45, 7) is 8.17. The molecule has 0 fully saturated rings. The van der Waals surface area contributed by atoms with E-state index >= 15 is 0 Å². The highest BCUT2D eigenvalue weighted by atomic mass is 79.9. The van der Waals surface area contributed by atoms with E-state index in [1.54, 1.807) is 24.3 Å². The summed E-state index contributed by atoms with van der Waals surface area (Å²) in [5, 5.41) is 41.1. The standard InChI is InChI=1S/C26H32Br2O6/c1-13(2)17-7-5-15(9-19(17)27)11-21(29)23(31)25(33)26(34)24(32)22(30)12-16-6-8-18(14(3)4)20(28)10-16/h5-10,13-14,21-24,29-32H,11-12H2,1-4H3/t21?,22?,23-,24+. The minimum absolute atomic E-state index is 0.0635. The number of rotatable bonds is 11. The van der Waals surface area contributed by atoms with Crippen LogP contribution in [-0.4, -0.2) is 56.4 Å². The van der Waals surface area contributed by atoms with Crippen molar-refractivity contribution in [3.63, 3.8) is 0 Å². The normalized spacial score (nSPS) is 15.3. The van der Waals surface area contributed by atoms with E-state index in [1.165, 1.54) is 0 Å². The lowest BCUT2D eigenvalue weighted by molar-refractivity contribution is -0.152. The van der Waals surface area contributed by atoms with Gasteiger partial charge in [-0.1, -0.05) is 83.8 Å². The molecule has 2 aromatic carbocycles. The Morgan fingerprint density at radius 1 is 0.676 bits per heavy atom. The van der Waals surface area contributed by atoms with E-state index in [1.807, 2.05) is 39.8 Å². The molecule has 186 valence electrons. The van der Waals surface area contributed by atoms with Gasteiger partial charge in [0.25, 0.3) is 0 Å². The van der Waals surface area contributed by atoms with Gasteiger partial charge in [-0.15, -0.1) is 0 Å². The number of carbonyl (C=O) groups excluding carboxylic acids is 2. The molecule has 0 aromatic heterocycles. The SMILES string of the molecule is CC(C)c1ccc(CC(O)[C@H](O)C(=O)C(=O)[C@H](O)C(O)Cc2ccc(C(C)C)c(Br)c2)cc1Br. The molecule has 2 aromatic rings. The van der Waals surface area contributed by atoms with E-state index in [0.29, 0.717) is 23.0 Å². The molecule has 4 atom stereocenters. The Hall–Kier alpha value is -1.42. The van der Waals surface area contributed by atoms with Crippen LogP contribution in [0, 0.1) is 0 Å². The number of carbonyl (C=O) groups is 2. The monoisotopic (exact) mass is 598 g/mol. The molecule has 0 aliphatic rings. The lowest BCUT2D eigenvalue weighted by Gasteiger charge is -2.21. The highest BCUT2D eigenvalue weighted by Crippen LogP contribution is 2.27. The van der Waals surface area contributed by atoms with Crippen LogP contribution in [-0.2, 0) is 22.4 Å². The summed E-state index contributed by atoms with van der Waals surface area (Å²) in [5.74, 6) is -2.10. The Morgan fingerprint density at radius 3 is 1.26 bits per heavy atom. The van der Waals surface area contributed by atoms with Crippen molar-refractivity contribution in [1.82, 2.24) is 0 Å². The molecule has 8 heteroatoms. The van der Waals surface area contributed by atoms with Crippen molar-refractivity contribution >= 4 is 43.4 Å². The Kier molecular flexibility index (Phi) is 10.6. The van der Waals surface area contributed by atoms with Crippen molar-refractivity contribution in [2.75, 3.05) is 0 Å². The molecule has 6 nitrogen and oxygen atoms in total. The third kappa shape index (κ3) is 7.29. The highest BCUT2D eigenvalue weighted by molar-refractivity contribution is 9.10. The smallest absolute Gasteiger partial charge is 0.232 e. The fourth-order valence-corrected chi connectivity index (χ4v) is 5.45. The molecule has 2 unspecified atom stereocenters. The van der Waals surface area contributed by atoms with Gasteiger partial charge in [-0.3, -0.25) is 9.59 Å². The number of ketones is 2. The summed E-state index contributed by atoms with van der Waals surface area (Å²) in [4.78, 5) is 24.8. The van der Waals surface area contributed by atoms with Gasteiger partial charge in [0.15, 0.2) is 0 Å². The molecular weight excluding hydrogens is 568 g/mol. The van der Waals surface area contributed by atoms with E-state index in [-0.39, 0.29) is 12.8 Å². The second-order valence-corrected chi connectivity index (χ2v) is 10.9. The molecule has 4 N–H and O–H groups in total. The molecule has 0 radical (unpaired) electrons. The summed E-state index contributed by atoms with van der Waals surface area (Å²) < 4.78 is 1.69. The van der Waals surface area contributed by atoms with Gasteiger partial charge >= 0.3 is 0 Å². The van der Waals surface area contributed by atoms with E-state index in [4.69, 9.17) is 0 Å². The van der Waals surface area contributed by atoms with Crippen molar-refractivity contribution in [2.45, 2.75) is 76.8 Å². The Morgan fingerprint density at radius 2 is 1.00 bits per heavy atom. The third-order valence-electron chi connectivity index (χ3n) is 5.77. The maximum atomic E-state index is 12.4. The average Bonchev–Trinajstić information content (AvgIpc) is 2.76. The fourth-order valence-electron chi connectivity index (χ4n) is 3.68. The number of benzene rings is 2. The molecule has 0 heterocycles. The number of Topliss-reactive ketones (excluding diaryl/α,β-unsaturated/α-hetero) is 2. The van der Waals surface area contributed by atoms with E-state index in [9.17, 15) is 30.0 Å². The van der Waals surface area contributed by atoms with E-state index in [2.05, 4.69) is 31.9 Å². The molecule has 0 saturated carbocycles. The van der Waals surface area contributed by atoms with Crippen LogP contribution in [0.5, 0.6) is 0 Å². The first-order valence-corrected chi connectivity index (χ1v) is 12.8. The van der Waals surface area contributed by atoms with Gasteiger partial charge < -0.3 is 20.4 Å². The Labute approximate surface area is 217 Å². The molecule has 0 saturated heterocycles. The second-order valence-electron chi connectivity index (χ2n) is 9.18. The van der Waals surface area contributed by atoms with E-state index in [0.717, 1.165) is 20.1 Å². The zero-order valence-electron chi connectivity index (χ0n) is 19.7. The Bertz CT molecular complexity index is 939. The predicted octanol–water partition coefficient (Wildman–Crippen LogP) is 3.83. The van der Waals surface area contributed by atoms with Gasteiger partial charge in [0.2, 0.25) is 11.6 Å². The maximum Gasteiger partial charge on any atom is 0.232 e. The largest absolute Gasteiger partial charge is 0.390 e. The van der Waals surface area contributed by atoms with Crippen molar-refractivity contribution < 1.29 is 30.0 Å². The van der Waals surface area contributed by atoms with Crippen LogP contribution in [0.1, 0.15) is 61.8 Å². The zero-order valence-corrected chi connectivity index (χ0v) is 22.9. The fraction of sp³-hybridized carbons (Fsp3) is 0.462. The molecular formula is C26H32Br2O6. The van der Waals surface area contributed by atoms with Gasteiger partial charge in [0.05, 0.1) is 12.2 Å². The highest BCUT2D eigenvalue weighted by Gasteiger charge is 2.36. The van der Waals surface area contributed by atoms with Crippen molar-refractivity contribution in [2.24, 2.45) is 0 Å². The predicted molar refractivity (Wildman–Crippen MR) is 138 cm³/mol. The van der Waals surface area contributed by atoms with Crippen molar-refractivity contribution in [1.29, 1.82) is 0 Å². The Balaban J connectivity index is 2.01. The van der Waals surface area contributed by atoms with Gasteiger partial charge in [-0.25, -0.2) is 0 Å². The second kappa shape index (κ2) is 12.5. The van der Waals surface area contributed by atoms with E-state index < -0.39 is 36.0 Å². The average molecular weight is 600 g/mol. The summed E-state index contributed by atoms with van der Waals surface area (Å²) >= 11 is 6.95. The number of hydrogen-bond acceptors (Lipinski definition) is 6. The first kappa shape index (κ1) is 28.8. The summed E-state index contributed by atoms with van der Waals surface area (Å²) in [7, 11) is 0. The topological polar surface area (TPSA) is 115 Å². The minimum atomic E-state index is -2.02. The van der Waals surface area contributed by atoms with Crippen LogP contribution in [0.2, 0.25) is 0 Å². The number of aliphatic hydroxyl groups is 4. The molecule has 0 aliphatic carbocycles. The molecule has 2 rings (SSSR count). The molecule has 0 bridgehead atoms. The molecule has 0 aliphatic heterocycles. The van der Waals surface area contributed by atoms with Gasteiger partial charge in [-0.05, 0) is 46.2 Å². The summed E-state index contributed by atoms with van der Waals surface area (Å²) in [5.41, 5.74) is 3.49. The van der Waals surface area contributed by atoms with Crippen molar-refractivity contribution in [3.8, 4) is 0 Å². The minimum Gasteiger partial charge on any atom is -0.390 e. The summed E-state index contributed by atoms with van der Waals surface area (Å²) in [6, 6.07) is 10.9. The van der Waals surface area contributed by atoms with Gasteiger partial charge in [-0.2, -0.15) is 0 Å². The first-order valence-electron chi connectivity index (χ1n) is 11.2. The van der Waals surface area contributed by atoms with Crippen LogP contribution < -0.4 is 0 Å². The first-order chi connectivity index (χ1) is 15.8. The molecule has 34 heavy (non-hydrogen) atoms.